The number of H-pyrrole nitrogens is 1. The van der Waals surface area contributed by atoms with Crippen molar-refractivity contribution in [3.05, 3.63) is 24.0 Å². The number of rotatable bonds is 14. The Morgan fingerprint density at radius 1 is 0.905 bits per heavy atom. The van der Waals surface area contributed by atoms with Crippen LogP contribution in [0.25, 0.3) is 0 Å². The van der Waals surface area contributed by atoms with Crippen LogP contribution in [0.4, 0.5) is 0 Å². The number of ketones is 1. The van der Waals surface area contributed by atoms with Crippen LogP contribution in [0.15, 0.2) is 18.5 Å². The minimum absolute atomic E-state index is 0.380. The summed E-state index contributed by atoms with van der Waals surface area (Å²) in [7, 11) is 0. The fourth-order valence-electron chi connectivity index (χ4n) is 2.77. The lowest BCUT2D eigenvalue weighted by Crippen LogP contribution is -2.01. The first-order chi connectivity index (χ1) is 10.3. The third-order valence-corrected chi connectivity index (χ3v) is 4.12. The summed E-state index contributed by atoms with van der Waals surface area (Å²) in [6, 6.07) is 1.98. The summed E-state index contributed by atoms with van der Waals surface area (Å²) in [5, 5.41) is 0. The van der Waals surface area contributed by atoms with Gasteiger partial charge in [-0.1, -0.05) is 71.1 Å². The van der Waals surface area contributed by atoms with Crippen LogP contribution in [-0.2, 0) is 11.2 Å². The fourth-order valence-corrected chi connectivity index (χ4v) is 2.77. The lowest BCUT2D eigenvalue weighted by atomic mass is 10.0. The average Bonchev–Trinajstić information content (AvgIpc) is 2.97. The summed E-state index contributed by atoms with van der Waals surface area (Å²) in [4.78, 5) is 14.8. The molecule has 0 unspecified atom stereocenters. The maximum absolute atomic E-state index is 11.8. The third-order valence-electron chi connectivity index (χ3n) is 4.12. The molecule has 1 aromatic heterocycles. The van der Waals surface area contributed by atoms with Crippen LogP contribution < -0.4 is 0 Å². The van der Waals surface area contributed by atoms with Gasteiger partial charge in [0, 0.05) is 25.2 Å². The molecular formula is C19H33NO. The van der Waals surface area contributed by atoms with Crippen molar-refractivity contribution in [1.82, 2.24) is 4.98 Å². The van der Waals surface area contributed by atoms with E-state index in [9.17, 15) is 4.79 Å². The number of Topliss-reactive ketones (excluding diaryl/α,β-unsaturated/α-hetero) is 1. The van der Waals surface area contributed by atoms with Gasteiger partial charge < -0.3 is 4.98 Å². The van der Waals surface area contributed by atoms with Gasteiger partial charge in [-0.25, -0.2) is 0 Å². The summed E-state index contributed by atoms with van der Waals surface area (Å²) >= 11 is 0. The quantitative estimate of drug-likeness (QED) is 0.430. The summed E-state index contributed by atoms with van der Waals surface area (Å²) in [6.07, 6.45) is 19.8. The fraction of sp³-hybridized carbons (Fsp3) is 0.737. The maximum atomic E-state index is 11.8. The number of aromatic amines is 1. The molecule has 2 nitrogen and oxygen atoms in total. The molecule has 0 aliphatic heterocycles. The van der Waals surface area contributed by atoms with E-state index < -0.39 is 0 Å². The molecule has 2 heteroatoms. The van der Waals surface area contributed by atoms with E-state index in [0.717, 1.165) is 18.4 Å². The van der Waals surface area contributed by atoms with Crippen molar-refractivity contribution in [2.45, 2.75) is 90.4 Å². The van der Waals surface area contributed by atoms with Crippen molar-refractivity contribution in [3.63, 3.8) is 0 Å². The zero-order chi connectivity index (χ0) is 15.2. The molecule has 21 heavy (non-hydrogen) atoms. The van der Waals surface area contributed by atoms with Crippen LogP contribution in [0.1, 0.15) is 89.5 Å². The van der Waals surface area contributed by atoms with E-state index >= 15 is 0 Å². The van der Waals surface area contributed by atoms with Crippen molar-refractivity contribution < 1.29 is 4.79 Å². The highest BCUT2D eigenvalue weighted by atomic mass is 16.1. The largest absolute Gasteiger partial charge is 0.367 e. The average molecular weight is 291 g/mol. The van der Waals surface area contributed by atoms with Gasteiger partial charge in [0.1, 0.15) is 5.78 Å². The zero-order valence-corrected chi connectivity index (χ0v) is 13.8. The first-order valence-corrected chi connectivity index (χ1v) is 8.96. The van der Waals surface area contributed by atoms with Crippen LogP contribution in [-0.4, -0.2) is 10.8 Å². The molecule has 1 N–H and O–H groups in total. The zero-order valence-electron chi connectivity index (χ0n) is 13.8. The van der Waals surface area contributed by atoms with Crippen molar-refractivity contribution in [2.24, 2.45) is 0 Å². The number of carbonyl (C=O) groups is 1. The van der Waals surface area contributed by atoms with Crippen LogP contribution >= 0.6 is 0 Å². The summed E-state index contributed by atoms with van der Waals surface area (Å²) < 4.78 is 0. The topological polar surface area (TPSA) is 32.9 Å². The van der Waals surface area contributed by atoms with Gasteiger partial charge in [0.25, 0.3) is 0 Å². The Balaban J connectivity index is 1.81. The molecule has 0 atom stereocenters. The van der Waals surface area contributed by atoms with Gasteiger partial charge in [0.15, 0.2) is 0 Å². The molecule has 1 aromatic rings. The molecule has 0 amide bonds. The highest BCUT2D eigenvalue weighted by molar-refractivity contribution is 5.80. The molecule has 0 aliphatic rings. The van der Waals surface area contributed by atoms with Crippen molar-refractivity contribution in [2.75, 3.05) is 0 Å². The van der Waals surface area contributed by atoms with Gasteiger partial charge in [0.2, 0.25) is 0 Å². The monoisotopic (exact) mass is 291 g/mol. The Labute approximate surface area is 130 Å². The third kappa shape index (κ3) is 10.3. The van der Waals surface area contributed by atoms with E-state index in [1.165, 1.54) is 64.2 Å². The van der Waals surface area contributed by atoms with Gasteiger partial charge >= 0.3 is 0 Å². The summed E-state index contributed by atoms with van der Waals surface area (Å²) in [6.45, 7) is 2.27. The van der Waals surface area contributed by atoms with E-state index in [1.54, 1.807) is 0 Å². The molecular weight excluding hydrogens is 258 g/mol. The second kappa shape index (κ2) is 12.7. The van der Waals surface area contributed by atoms with E-state index in [4.69, 9.17) is 0 Å². The molecule has 0 bridgehead atoms. The van der Waals surface area contributed by atoms with Gasteiger partial charge in [-0.15, -0.1) is 0 Å². The first kappa shape index (κ1) is 18.0. The predicted molar refractivity (Wildman–Crippen MR) is 90.6 cm³/mol. The summed E-state index contributed by atoms with van der Waals surface area (Å²) in [5.41, 5.74) is 1.11. The second-order valence-corrected chi connectivity index (χ2v) is 6.22. The number of nitrogens with one attached hydrogen (secondary N) is 1. The van der Waals surface area contributed by atoms with Crippen LogP contribution in [0.5, 0.6) is 0 Å². The summed E-state index contributed by atoms with van der Waals surface area (Å²) in [5.74, 6) is 0.380. The second-order valence-electron chi connectivity index (χ2n) is 6.22. The molecule has 0 saturated carbocycles. The van der Waals surface area contributed by atoms with Crippen molar-refractivity contribution >= 4 is 5.78 Å². The van der Waals surface area contributed by atoms with E-state index in [2.05, 4.69) is 11.9 Å². The number of carbonyl (C=O) groups excluding carboxylic acids is 1. The Kier molecular flexibility index (Phi) is 10.9. The van der Waals surface area contributed by atoms with Gasteiger partial charge in [-0.05, 0) is 18.1 Å². The van der Waals surface area contributed by atoms with E-state index in [1.807, 2.05) is 18.5 Å². The Hall–Kier alpha value is -1.05. The van der Waals surface area contributed by atoms with E-state index in [0.29, 0.717) is 12.2 Å². The number of unbranched alkanes of at least 4 members (excludes halogenated alkanes) is 10. The highest BCUT2D eigenvalue weighted by Gasteiger charge is 2.03. The molecule has 120 valence electrons. The molecule has 1 heterocycles. The maximum Gasteiger partial charge on any atom is 0.137 e. The Morgan fingerprint density at radius 3 is 2.00 bits per heavy atom. The normalized spacial score (nSPS) is 10.9. The van der Waals surface area contributed by atoms with Crippen molar-refractivity contribution in [1.29, 1.82) is 0 Å². The molecule has 0 saturated heterocycles. The van der Waals surface area contributed by atoms with Crippen LogP contribution in [0, 0.1) is 0 Å². The molecule has 0 radical (unpaired) electrons. The first-order valence-electron chi connectivity index (χ1n) is 8.96. The van der Waals surface area contributed by atoms with E-state index in [-0.39, 0.29) is 0 Å². The molecule has 0 aliphatic carbocycles. The van der Waals surface area contributed by atoms with Crippen LogP contribution in [0.3, 0.4) is 0 Å². The van der Waals surface area contributed by atoms with Gasteiger partial charge in [0.05, 0.1) is 0 Å². The SMILES string of the molecule is CCCCCCCCCCCCCC(=O)Cc1cc[nH]c1. The lowest BCUT2D eigenvalue weighted by Gasteiger charge is -2.02. The molecule has 0 aromatic carbocycles. The minimum atomic E-state index is 0.380. The Morgan fingerprint density at radius 2 is 1.48 bits per heavy atom. The molecule has 0 spiro atoms. The standard InChI is InChI=1S/C19H33NO/c1-2-3-4-5-6-7-8-9-10-11-12-13-19(21)16-18-14-15-20-17-18/h14-15,17,20H,2-13,16H2,1H3. The number of hydrogen-bond acceptors (Lipinski definition) is 1. The minimum Gasteiger partial charge on any atom is -0.367 e. The lowest BCUT2D eigenvalue weighted by molar-refractivity contribution is -0.118. The van der Waals surface area contributed by atoms with Gasteiger partial charge in [-0.3, -0.25) is 4.79 Å². The predicted octanol–water partition coefficient (Wildman–Crippen LogP) is 5.83. The Bertz CT molecular complexity index is 342. The van der Waals surface area contributed by atoms with Crippen LogP contribution in [0.2, 0.25) is 0 Å². The molecule has 0 fully saturated rings. The highest BCUT2D eigenvalue weighted by Crippen LogP contribution is 2.12. The van der Waals surface area contributed by atoms with Gasteiger partial charge in [-0.2, -0.15) is 0 Å². The number of hydrogen-bond donors (Lipinski definition) is 1. The smallest absolute Gasteiger partial charge is 0.137 e. The molecule has 1 rings (SSSR count). The van der Waals surface area contributed by atoms with Crippen molar-refractivity contribution in [3.8, 4) is 0 Å². The number of aromatic nitrogens is 1.